The molecule has 0 spiro atoms. The summed E-state index contributed by atoms with van der Waals surface area (Å²) >= 11 is 0. The normalized spacial score (nSPS) is 27.0. The Morgan fingerprint density at radius 1 is 1.03 bits per heavy atom. The molecule has 0 aromatic carbocycles. The zero-order valence-corrected chi connectivity index (χ0v) is 18.1. The number of carbonyl (C=O) groups excluding carboxylic acids is 3. The van der Waals surface area contributed by atoms with E-state index in [1.165, 1.54) is 0 Å². The minimum Gasteiger partial charge on any atom is -0.481 e. The summed E-state index contributed by atoms with van der Waals surface area (Å²) in [5.41, 5.74) is 0.848. The van der Waals surface area contributed by atoms with E-state index in [0.717, 1.165) is 31.2 Å². The summed E-state index contributed by atoms with van der Waals surface area (Å²) in [5.74, 6) is -1.06. The summed E-state index contributed by atoms with van der Waals surface area (Å²) < 4.78 is 0. The van der Waals surface area contributed by atoms with Crippen LogP contribution in [0.3, 0.4) is 0 Å². The molecule has 172 valence electrons. The molecule has 4 rings (SSSR count). The van der Waals surface area contributed by atoms with Crippen molar-refractivity contribution in [3.05, 3.63) is 23.9 Å². The highest BCUT2D eigenvalue weighted by Gasteiger charge is 2.33. The smallest absolute Gasteiger partial charge is 0.306 e. The second kappa shape index (κ2) is 9.67. The number of hydrogen-bond donors (Lipinski definition) is 3. The fourth-order valence-corrected chi connectivity index (χ4v) is 5.05. The Morgan fingerprint density at radius 2 is 1.75 bits per heavy atom. The number of amides is 3. The van der Waals surface area contributed by atoms with Gasteiger partial charge in [0.25, 0.3) is 0 Å². The van der Waals surface area contributed by atoms with Gasteiger partial charge in [0.05, 0.1) is 11.8 Å². The Labute approximate surface area is 187 Å². The molecule has 3 heterocycles. The molecule has 1 saturated carbocycles. The average Bonchev–Trinajstić information content (AvgIpc) is 2.79. The first-order valence-electron chi connectivity index (χ1n) is 11.5. The lowest BCUT2D eigenvalue weighted by molar-refractivity contribution is -0.147. The standard InChI is InChI=1S/C23H30N4O5/c28-20-6-5-18(21(29)26-20)16-7-10-24-19(13-16)25-17-3-1-14(2-4-17)22(30)27-11-8-15(9-12-27)23(31)32/h7,10,13-15,17-18H,1-6,8-9,11-12H2,(H,24,25)(H,31,32)(H,26,28,29)/t14-,17-,18?. The molecule has 1 aromatic rings. The van der Waals surface area contributed by atoms with Gasteiger partial charge in [-0.05, 0) is 62.6 Å². The number of aromatic nitrogens is 1. The fourth-order valence-electron chi connectivity index (χ4n) is 5.05. The first-order valence-corrected chi connectivity index (χ1v) is 11.5. The summed E-state index contributed by atoms with van der Waals surface area (Å²) in [4.78, 5) is 53.7. The lowest BCUT2D eigenvalue weighted by atomic mass is 9.84. The van der Waals surface area contributed by atoms with E-state index < -0.39 is 5.97 Å². The van der Waals surface area contributed by atoms with Crippen molar-refractivity contribution < 1.29 is 24.3 Å². The molecule has 2 aliphatic heterocycles. The van der Waals surface area contributed by atoms with E-state index in [4.69, 9.17) is 5.11 Å². The first kappa shape index (κ1) is 22.2. The number of rotatable bonds is 5. The summed E-state index contributed by atoms with van der Waals surface area (Å²) in [6.07, 6.45) is 6.89. The van der Waals surface area contributed by atoms with E-state index in [1.807, 2.05) is 17.0 Å². The van der Waals surface area contributed by atoms with Gasteiger partial charge >= 0.3 is 5.97 Å². The molecule has 0 bridgehead atoms. The van der Waals surface area contributed by atoms with Crippen molar-refractivity contribution >= 4 is 29.5 Å². The molecule has 1 unspecified atom stereocenters. The minimum atomic E-state index is -0.765. The molecule has 0 radical (unpaired) electrons. The van der Waals surface area contributed by atoms with Crippen LogP contribution in [0, 0.1) is 11.8 Å². The Bertz CT molecular complexity index is 888. The van der Waals surface area contributed by atoms with Gasteiger partial charge in [0.15, 0.2) is 0 Å². The predicted molar refractivity (Wildman–Crippen MR) is 116 cm³/mol. The Morgan fingerprint density at radius 3 is 2.41 bits per heavy atom. The predicted octanol–water partition coefficient (Wildman–Crippen LogP) is 1.90. The number of hydrogen-bond acceptors (Lipinski definition) is 6. The molecule has 32 heavy (non-hydrogen) atoms. The summed E-state index contributed by atoms with van der Waals surface area (Å²) in [5, 5.41) is 15.0. The van der Waals surface area contributed by atoms with E-state index in [0.29, 0.717) is 44.6 Å². The summed E-state index contributed by atoms with van der Waals surface area (Å²) in [6, 6.07) is 3.90. The van der Waals surface area contributed by atoms with Crippen LogP contribution in [0.25, 0.3) is 0 Å². The highest BCUT2D eigenvalue weighted by Crippen LogP contribution is 2.31. The summed E-state index contributed by atoms with van der Waals surface area (Å²) in [6.45, 7) is 1.07. The number of carboxylic acids is 1. The van der Waals surface area contributed by atoms with Crippen LogP contribution >= 0.6 is 0 Å². The van der Waals surface area contributed by atoms with Crippen molar-refractivity contribution in [2.45, 2.75) is 63.3 Å². The molecular formula is C23H30N4O5. The third-order valence-corrected chi connectivity index (χ3v) is 7.01. The third kappa shape index (κ3) is 5.08. The van der Waals surface area contributed by atoms with Crippen LogP contribution in [0.5, 0.6) is 0 Å². The molecule has 9 nitrogen and oxygen atoms in total. The average molecular weight is 443 g/mol. The number of carbonyl (C=O) groups is 4. The number of aliphatic carboxylic acids is 1. The third-order valence-electron chi connectivity index (χ3n) is 7.01. The van der Waals surface area contributed by atoms with Gasteiger partial charge in [0.2, 0.25) is 17.7 Å². The molecule has 1 aliphatic carbocycles. The van der Waals surface area contributed by atoms with Crippen LogP contribution in [-0.4, -0.2) is 57.8 Å². The van der Waals surface area contributed by atoms with Crippen LogP contribution in [-0.2, 0) is 19.2 Å². The quantitative estimate of drug-likeness (QED) is 0.594. The maximum atomic E-state index is 12.9. The second-order valence-electron chi connectivity index (χ2n) is 9.11. The zero-order chi connectivity index (χ0) is 22.7. The second-order valence-corrected chi connectivity index (χ2v) is 9.11. The SMILES string of the molecule is O=C1CCC(c2ccnc(N[C@H]3CC[C@H](C(=O)N4CCC(C(=O)O)CC4)CC3)c2)C(=O)N1. The summed E-state index contributed by atoms with van der Waals surface area (Å²) in [7, 11) is 0. The molecule has 9 heteroatoms. The van der Waals surface area contributed by atoms with Gasteiger partial charge in [-0.15, -0.1) is 0 Å². The highest BCUT2D eigenvalue weighted by atomic mass is 16.4. The number of imide groups is 1. The van der Waals surface area contributed by atoms with Crippen LogP contribution in [0.1, 0.15) is 62.8 Å². The topological polar surface area (TPSA) is 129 Å². The van der Waals surface area contributed by atoms with Gasteiger partial charge in [-0.3, -0.25) is 24.5 Å². The largest absolute Gasteiger partial charge is 0.481 e. The van der Waals surface area contributed by atoms with Crippen molar-refractivity contribution in [3.63, 3.8) is 0 Å². The lowest BCUT2D eigenvalue weighted by Crippen LogP contribution is -2.44. The van der Waals surface area contributed by atoms with E-state index in [2.05, 4.69) is 15.6 Å². The maximum Gasteiger partial charge on any atom is 0.306 e. The van der Waals surface area contributed by atoms with Gasteiger partial charge in [-0.25, -0.2) is 4.98 Å². The molecule has 3 aliphatic rings. The Balaban J connectivity index is 1.27. The van der Waals surface area contributed by atoms with Gasteiger partial charge in [-0.1, -0.05) is 0 Å². The number of anilines is 1. The van der Waals surface area contributed by atoms with E-state index in [-0.39, 0.29) is 41.5 Å². The van der Waals surface area contributed by atoms with E-state index >= 15 is 0 Å². The van der Waals surface area contributed by atoms with Gasteiger partial charge < -0.3 is 15.3 Å². The van der Waals surface area contributed by atoms with Crippen LogP contribution in [0.4, 0.5) is 5.82 Å². The number of nitrogens with one attached hydrogen (secondary N) is 2. The van der Waals surface area contributed by atoms with Gasteiger partial charge in [0, 0.05) is 37.7 Å². The highest BCUT2D eigenvalue weighted by molar-refractivity contribution is 6.01. The van der Waals surface area contributed by atoms with Crippen LogP contribution < -0.4 is 10.6 Å². The number of pyridine rings is 1. The monoisotopic (exact) mass is 442 g/mol. The first-order chi connectivity index (χ1) is 15.4. The molecule has 3 fully saturated rings. The molecule has 1 atom stereocenters. The van der Waals surface area contributed by atoms with E-state index in [1.54, 1.807) is 6.20 Å². The zero-order valence-electron chi connectivity index (χ0n) is 18.1. The number of carboxylic acid groups (broad SMARTS) is 1. The van der Waals surface area contributed by atoms with Crippen molar-refractivity contribution in [1.29, 1.82) is 0 Å². The van der Waals surface area contributed by atoms with Crippen LogP contribution in [0.15, 0.2) is 18.3 Å². The maximum absolute atomic E-state index is 12.9. The van der Waals surface area contributed by atoms with E-state index in [9.17, 15) is 19.2 Å². The van der Waals surface area contributed by atoms with Crippen molar-refractivity contribution in [3.8, 4) is 0 Å². The number of likely N-dealkylation sites (tertiary alicyclic amines) is 1. The Hall–Kier alpha value is -2.97. The minimum absolute atomic E-state index is 0.00260. The van der Waals surface area contributed by atoms with Crippen molar-refractivity contribution in [1.82, 2.24) is 15.2 Å². The van der Waals surface area contributed by atoms with Crippen molar-refractivity contribution in [2.24, 2.45) is 11.8 Å². The number of piperidine rings is 2. The van der Waals surface area contributed by atoms with Gasteiger partial charge in [0.1, 0.15) is 5.82 Å². The Kier molecular flexibility index (Phi) is 6.72. The van der Waals surface area contributed by atoms with Gasteiger partial charge in [-0.2, -0.15) is 0 Å². The van der Waals surface area contributed by atoms with Crippen LogP contribution in [0.2, 0.25) is 0 Å². The molecule has 1 aromatic heterocycles. The molecule has 2 saturated heterocycles. The lowest BCUT2D eigenvalue weighted by Gasteiger charge is -2.35. The molecular weight excluding hydrogens is 412 g/mol. The molecule has 3 N–H and O–H groups in total. The molecule has 3 amide bonds. The van der Waals surface area contributed by atoms with Crippen molar-refractivity contribution in [2.75, 3.05) is 18.4 Å². The number of nitrogens with zero attached hydrogens (tertiary/aromatic N) is 2. The fraction of sp³-hybridized carbons (Fsp3) is 0.609.